The van der Waals surface area contributed by atoms with Crippen molar-refractivity contribution in [1.29, 1.82) is 0 Å². The van der Waals surface area contributed by atoms with Crippen molar-refractivity contribution >= 4 is 11.9 Å². The molecule has 64 valence electrons. The van der Waals surface area contributed by atoms with Gasteiger partial charge in [-0.2, -0.15) is 0 Å². The van der Waals surface area contributed by atoms with Gasteiger partial charge >= 0.3 is 5.97 Å². The highest BCUT2D eigenvalue weighted by Gasteiger charge is 2.15. The van der Waals surface area contributed by atoms with E-state index in [1.807, 2.05) is 0 Å². The Bertz CT molecular complexity index is 167. The average molecular weight is 161 g/mol. The van der Waals surface area contributed by atoms with Gasteiger partial charge in [0.05, 0.1) is 6.04 Å². The van der Waals surface area contributed by atoms with Crippen LogP contribution < -0.4 is 11.1 Å². The maximum Gasteiger partial charge on any atom is 0.325 e. The Hall–Kier alpha value is -1.10. The lowest BCUT2D eigenvalue weighted by Crippen LogP contribution is -2.45. The Kier molecular flexibility index (Phi) is 3.53. The van der Waals surface area contributed by atoms with Gasteiger partial charge in [-0.3, -0.25) is 9.59 Å². The van der Waals surface area contributed by atoms with Crippen LogP contribution in [0.1, 0.15) is 13.8 Å². The fourth-order valence-electron chi connectivity index (χ4n) is 0.407. The number of nitrogens with one attached hydrogen (secondary N) is 1. The van der Waals surface area contributed by atoms with Gasteiger partial charge < -0.3 is 16.2 Å². The number of carbonyl (C=O) groups excluding carboxylic acids is 1. The van der Waals surface area contributed by atoms with E-state index in [9.17, 15) is 9.59 Å². The molecule has 0 aliphatic carbocycles. The molecule has 0 aliphatic rings. The number of nitrogens with two attached hydrogens (primary N) is 1. The van der Waals surface area contributed by atoms with E-state index in [0.29, 0.717) is 0 Å². The van der Waals surface area contributed by atoms with Gasteiger partial charge in [-0.1, -0.05) is 0 Å². The lowest BCUT2D eigenvalue weighted by Gasteiger charge is -2.10. The van der Waals surface area contributed by atoms with E-state index in [2.05, 4.69) is 5.32 Å². The molecule has 11 heavy (non-hydrogen) atoms. The van der Waals surface area contributed by atoms with Crippen molar-refractivity contribution in [2.24, 2.45) is 5.73 Å². The summed E-state index contributed by atoms with van der Waals surface area (Å²) in [4.78, 5) is 21.0. The van der Waals surface area contributed by atoms with Crippen LogP contribution in [0.4, 0.5) is 0 Å². The van der Waals surface area contributed by atoms with Crippen LogP contribution in [0.15, 0.2) is 0 Å². The van der Waals surface area contributed by atoms with Crippen molar-refractivity contribution in [3.8, 4) is 0 Å². The van der Waals surface area contributed by atoms with Crippen molar-refractivity contribution < 1.29 is 14.7 Å². The number of rotatable bonds is 3. The monoisotopic (exact) mass is 161 g/mol. The molecule has 0 rings (SSSR count). The molecule has 0 saturated heterocycles. The van der Waals surface area contributed by atoms with Gasteiger partial charge in [0, 0.05) is 0 Å². The number of hydrogen-bond acceptors (Lipinski definition) is 3. The van der Waals surface area contributed by atoms with Crippen LogP contribution in [0.5, 0.6) is 0 Å². The molecule has 0 spiro atoms. The summed E-state index contributed by atoms with van der Waals surface area (Å²) < 4.78 is 0. The second-order valence-electron chi connectivity index (χ2n) is 2.36. The summed E-state index contributed by atoms with van der Waals surface area (Å²) in [6.07, 6.45) is 0. The molecule has 2 atom stereocenters. The van der Waals surface area contributed by atoms with Crippen LogP contribution >= 0.6 is 0 Å². The third-order valence-electron chi connectivity index (χ3n) is 1.14. The summed E-state index contributed by atoms with van der Waals surface area (Å²) in [6.45, 7) is 2.87. The van der Waals surface area contributed by atoms with Gasteiger partial charge in [-0.05, 0) is 13.8 Å². The van der Waals surface area contributed by atoms with E-state index in [-0.39, 0.29) is 0 Å². The second-order valence-corrected chi connectivity index (χ2v) is 2.36. The summed E-state index contributed by atoms with van der Waals surface area (Å²) >= 11 is 0. The minimum atomic E-state index is -1.07. The summed E-state index contributed by atoms with van der Waals surface area (Å²) in [5.74, 6) is -1.53. The van der Waals surface area contributed by atoms with Gasteiger partial charge in [-0.25, -0.2) is 0 Å². The molecule has 0 radical (unpaired) electrons. The lowest BCUT2D eigenvalue weighted by molar-refractivity contribution is -0.141. The molecular weight excluding hydrogens is 149 g/mol. The highest BCUT2D eigenvalue weighted by atomic mass is 16.4. The maximum absolute atomic E-state index is 10.8. The molecular formula is C6H12N2O3. The fraction of sp³-hybridized carbons (Fsp3) is 0.667. The smallest absolute Gasteiger partial charge is 0.325 e. The van der Waals surface area contributed by atoms with Crippen molar-refractivity contribution in [2.45, 2.75) is 25.9 Å². The number of carboxylic acids is 1. The molecule has 0 bridgehead atoms. The summed E-state index contributed by atoms with van der Waals surface area (Å²) in [7, 11) is 0. The maximum atomic E-state index is 10.8. The molecule has 0 aliphatic heterocycles. The van der Waals surface area contributed by atoms with Crippen LogP contribution in [0.25, 0.3) is 0 Å². The first-order valence-electron chi connectivity index (χ1n) is 3.24. The second kappa shape index (κ2) is 3.92. The standard InChI is InChI=1S/C6H12N2O3/c1-3(7)5(9)8-4(2)6(10)11/h3-4H,7H2,1-2H3,(H,8,9)(H,10,11)/t3-,4-/m0/s1/i5+1. The average Bonchev–Trinajstić information content (AvgIpc) is 1.87. The molecule has 1 amide bonds. The van der Waals surface area contributed by atoms with Gasteiger partial charge in [0.15, 0.2) is 0 Å². The number of aliphatic carboxylic acids is 1. The molecule has 4 N–H and O–H groups in total. The SMILES string of the molecule is C[C@H](N[13C](=O)[C@H](C)N)C(=O)O. The Morgan fingerprint density at radius 3 is 2.18 bits per heavy atom. The summed E-state index contributed by atoms with van der Waals surface area (Å²) in [5, 5.41) is 10.6. The molecule has 5 heteroatoms. The number of amides is 1. The predicted molar refractivity (Wildman–Crippen MR) is 38.9 cm³/mol. The number of carboxylic acid groups (broad SMARTS) is 1. The first-order chi connectivity index (χ1) is 4.95. The van der Waals surface area contributed by atoms with Crippen molar-refractivity contribution in [1.82, 2.24) is 5.32 Å². The van der Waals surface area contributed by atoms with Gasteiger partial charge in [0.1, 0.15) is 6.04 Å². The van der Waals surface area contributed by atoms with Crippen molar-refractivity contribution in [3.63, 3.8) is 0 Å². The van der Waals surface area contributed by atoms with Gasteiger partial charge in [-0.15, -0.1) is 0 Å². The Labute approximate surface area is 64.6 Å². The van der Waals surface area contributed by atoms with Crippen LogP contribution in [0.3, 0.4) is 0 Å². The van der Waals surface area contributed by atoms with Crippen molar-refractivity contribution in [3.05, 3.63) is 0 Å². The molecule has 0 unspecified atom stereocenters. The first kappa shape index (κ1) is 9.90. The van der Waals surface area contributed by atoms with Crippen LogP contribution in [0, 0.1) is 0 Å². The molecule has 0 heterocycles. The minimum Gasteiger partial charge on any atom is -0.480 e. The third-order valence-corrected chi connectivity index (χ3v) is 1.14. The minimum absolute atomic E-state index is 0.458. The van der Waals surface area contributed by atoms with Crippen LogP contribution in [-0.4, -0.2) is 29.1 Å². The zero-order valence-corrected chi connectivity index (χ0v) is 6.50. The van der Waals surface area contributed by atoms with E-state index in [4.69, 9.17) is 10.8 Å². The number of carbonyl (C=O) groups is 2. The van der Waals surface area contributed by atoms with E-state index >= 15 is 0 Å². The quantitative estimate of drug-likeness (QED) is 0.459. The van der Waals surface area contributed by atoms with Crippen LogP contribution in [-0.2, 0) is 9.59 Å². The van der Waals surface area contributed by atoms with E-state index in [1.165, 1.54) is 13.8 Å². The molecule has 5 nitrogen and oxygen atoms in total. The van der Waals surface area contributed by atoms with E-state index in [0.717, 1.165) is 0 Å². The molecule has 0 aromatic carbocycles. The van der Waals surface area contributed by atoms with Crippen molar-refractivity contribution in [2.75, 3.05) is 0 Å². The topological polar surface area (TPSA) is 92.4 Å². The summed E-state index contributed by atoms with van der Waals surface area (Å²) in [6, 6.07) is -1.55. The predicted octanol–water partition coefficient (Wildman–Crippen LogP) is -1.08. The highest BCUT2D eigenvalue weighted by Crippen LogP contribution is 1.83. The Morgan fingerprint density at radius 2 is 1.91 bits per heavy atom. The van der Waals surface area contributed by atoms with E-state index in [1.54, 1.807) is 0 Å². The zero-order valence-electron chi connectivity index (χ0n) is 6.50. The number of hydrogen-bond donors (Lipinski definition) is 3. The van der Waals surface area contributed by atoms with E-state index < -0.39 is 24.0 Å². The first-order valence-corrected chi connectivity index (χ1v) is 3.24. The lowest BCUT2D eigenvalue weighted by atomic mass is 10.3. The Balaban J connectivity index is 3.85. The van der Waals surface area contributed by atoms with Gasteiger partial charge in [0.2, 0.25) is 5.91 Å². The normalized spacial score (nSPS) is 15.2. The third kappa shape index (κ3) is 3.57. The van der Waals surface area contributed by atoms with Gasteiger partial charge in [0.25, 0.3) is 0 Å². The van der Waals surface area contributed by atoms with Crippen LogP contribution in [0.2, 0.25) is 0 Å². The largest absolute Gasteiger partial charge is 0.480 e. The molecule has 0 saturated carbocycles. The summed E-state index contributed by atoms with van der Waals surface area (Å²) in [5.41, 5.74) is 5.18. The fourth-order valence-corrected chi connectivity index (χ4v) is 0.407. The highest BCUT2D eigenvalue weighted by molar-refractivity contribution is 5.86. The zero-order chi connectivity index (χ0) is 9.02. The molecule has 0 aromatic heterocycles. The Morgan fingerprint density at radius 1 is 1.45 bits per heavy atom. The molecule has 0 fully saturated rings. The molecule has 0 aromatic rings.